The number of hydrogen-bond donors (Lipinski definition) is 1. The average Bonchev–Trinajstić information content (AvgIpc) is 2.52. The highest BCUT2D eigenvalue weighted by Crippen LogP contribution is 2.27. The molecule has 0 radical (unpaired) electrons. The van der Waals surface area contributed by atoms with E-state index in [-0.39, 0.29) is 0 Å². The number of aromatic nitrogens is 2. The number of nitrogens with zero attached hydrogens (tertiary/aromatic N) is 2. The van der Waals surface area contributed by atoms with E-state index in [0.29, 0.717) is 0 Å². The Hall–Kier alpha value is -2.10. The van der Waals surface area contributed by atoms with Crippen molar-refractivity contribution < 1.29 is 4.74 Å². The largest absolute Gasteiger partial charge is 0.497 e. The minimum absolute atomic E-state index is 0.823. The average molecular weight is 285 g/mol. The Kier molecular flexibility index (Phi) is 5.14. The molecule has 2 rings (SSSR count). The van der Waals surface area contributed by atoms with E-state index in [0.717, 1.165) is 53.6 Å². The Morgan fingerprint density at radius 2 is 1.95 bits per heavy atom. The molecule has 0 spiro atoms. The summed E-state index contributed by atoms with van der Waals surface area (Å²) in [6, 6.07) is 8.07. The van der Waals surface area contributed by atoms with Gasteiger partial charge in [0.25, 0.3) is 0 Å². The fraction of sp³-hybridized carbons (Fsp3) is 0.412. The first kappa shape index (κ1) is 15.3. The molecule has 0 saturated carbocycles. The maximum atomic E-state index is 5.26. The predicted octanol–water partition coefficient (Wildman–Crippen LogP) is 3.84. The molecule has 0 aliphatic heterocycles. The first-order chi connectivity index (χ1) is 10.2. The zero-order valence-electron chi connectivity index (χ0n) is 13.2. The fourth-order valence-corrected chi connectivity index (χ4v) is 2.19. The number of benzene rings is 1. The van der Waals surface area contributed by atoms with E-state index in [1.807, 2.05) is 18.2 Å². The van der Waals surface area contributed by atoms with Gasteiger partial charge in [0.05, 0.1) is 12.8 Å². The Morgan fingerprint density at radius 1 is 1.14 bits per heavy atom. The summed E-state index contributed by atoms with van der Waals surface area (Å²) in [5.74, 6) is 2.63. The van der Waals surface area contributed by atoms with Gasteiger partial charge < -0.3 is 10.1 Å². The second-order valence-electron chi connectivity index (χ2n) is 5.02. The number of nitrogens with one attached hydrogen (secondary N) is 1. The molecule has 2 aromatic rings. The lowest BCUT2D eigenvalue weighted by Gasteiger charge is -2.11. The monoisotopic (exact) mass is 285 g/mol. The molecule has 0 fully saturated rings. The molecule has 21 heavy (non-hydrogen) atoms. The van der Waals surface area contributed by atoms with Crippen LogP contribution in [0.1, 0.15) is 31.7 Å². The molecule has 1 aromatic heterocycles. The van der Waals surface area contributed by atoms with Gasteiger partial charge in [-0.15, -0.1) is 0 Å². The maximum absolute atomic E-state index is 5.26. The van der Waals surface area contributed by atoms with E-state index in [2.05, 4.69) is 42.1 Å². The highest BCUT2D eigenvalue weighted by Gasteiger charge is 2.09. The van der Waals surface area contributed by atoms with Crippen LogP contribution in [-0.2, 0) is 6.42 Å². The lowest BCUT2D eigenvalue weighted by molar-refractivity contribution is 0.414. The van der Waals surface area contributed by atoms with Gasteiger partial charge in [-0.05, 0) is 37.1 Å². The molecule has 112 valence electrons. The maximum Gasteiger partial charge on any atom is 0.131 e. The van der Waals surface area contributed by atoms with E-state index >= 15 is 0 Å². The normalized spacial score (nSPS) is 10.5. The second kappa shape index (κ2) is 7.07. The van der Waals surface area contributed by atoms with Gasteiger partial charge in [0.15, 0.2) is 0 Å². The van der Waals surface area contributed by atoms with Gasteiger partial charge in [-0.25, -0.2) is 9.97 Å². The number of aryl methyl sites for hydroxylation is 2. The van der Waals surface area contributed by atoms with Crippen LogP contribution in [-0.4, -0.2) is 23.6 Å². The first-order valence-electron chi connectivity index (χ1n) is 7.44. The Morgan fingerprint density at radius 3 is 2.57 bits per heavy atom. The van der Waals surface area contributed by atoms with Crippen molar-refractivity contribution in [3.8, 4) is 17.0 Å². The Balaban J connectivity index is 2.42. The number of ether oxygens (including phenoxy) is 1. The summed E-state index contributed by atoms with van der Waals surface area (Å²) in [4.78, 5) is 9.19. The first-order valence-corrected chi connectivity index (χ1v) is 7.44. The van der Waals surface area contributed by atoms with E-state index in [4.69, 9.17) is 4.74 Å². The third-order valence-electron chi connectivity index (χ3n) is 3.35. The van der Waals surface area contributed by atoms with Gasteiger partial charge in [0, 0.05) is 24.6 Å². The predicted molar refractivity (Wildman–Crippen MR) is 86.9 cm³/mol. The van der Waals surface area contributed by atoms with Crippen molar-refractivity contribution >= 4 is 5.82 Å². The van der Waals surface area contributed by atoms with Crippen LogP contribution < -0.4 is 10.1 Å². The topological polar surface area (TPSA) is 47.0 Å². The molecule has 0 aliphatic rings. The molecule has 0 amide bonds. The number of hydrogen-bond acceptors (Lipinski definition) is 4. The third-order valence-corrected chi connectivity index (χ3v) is 3.35. The summed E-state index contributed by atoms with van der Waals surface area (Å²) < 4.78 is 5.26. The van der Waals surface area contributed by atoms with Crippen LogP contribution in [0.4, 0.5) is 5.82 Å². The van der Waals surface area contributed by atoms with Crippen LogP contribution in [0.15, 0.2) is 24.3 Å². The van der Waals surface area contributed by atoms with Crippen molar-refractivity contribution in [2.75, 3.05) is 19.0 Å². The second-order valence-corrected chi connectivity index (χ2v) is 5.02. The Bertz CT molecular complexity index is 611. The highest BCUT2D eigenvalue weighted by molar-refractivity contribution is 5.67. The van der Waals surface area contributed by atoms with E-state index in [1.165, 1.54) is 0 Å². The number of anilines is 1. The summed E-state index contributed by atoms with van der Waals surface area (Å²) >= 11 is 0. The quantitative estimate of drug-likeness (QED) is 0.876. The van der Waals surface area contributed by atoms with E-state index in [1.54, 1.807) is 7.11 Å². The van der Waals surface area contributed by atoms with Crippen molar-refractivity contribution in [2.24, 2.45) is 0 Å². The van der Waals surface area contributed by atoms with Crippen LogP contribution in [0, 0.1) is 6.92 Å². The van der Waals surface area contributed by atoms with Crippen LogP contribution in [0.25, 0.3) is 11.3 Å². The summed E-state index contributed by atoms with van der Waals surface area (Å²) in [5.41, 5.74) is 3.23. The molecule has 0 unspecified atom stereocenters. The molecule has 0 aliphatic carbocycles. The van der Waals surface area contributed by atoms with Crippen molar-refractivity contribution in [3.63, 3.8) is 0 Å². The van der Waals surface area contributed by atoms with Gasteiger partial charge in [0.1, 0.15) is 17.4 Å². The SMILES string of the molecule is CCCNc1cc(-c2ccc(OC)cc2C)nc(CC)n1. The molecule has 0 atom stereocenters. The van der Waals surface area contributed by atoms with E-state index < -0.39 is 0 Å². The lowest BCUT2D eigenvalue weighted by atomic mass is 10.0. The molecule has 4 nitrogen and oxygen atoms in total. The summed E-state index contributed by atoms with van der Waals surface area (Å²) in [5, 5.41) is 3.35. The van der Waals surface area contributed by atoms with Crippen molar-refractivity contribution in [1.29, 1.82) is 0 Å². The van der Waals surface area contributed by atoms with Crippen LogP contribution in [0.5, 0.6) is 5.75 Å². The zero-order valence-corrected chi connectivity index (χ0v) is 13.2. The van der Waals surface area contributed by atoms with E-state index in [9.17, 15) is 0 Å². The van der Waals surface area contributed by atoms with Gasteiger partial charge >= 0.3 is 0 Å². The van der Waals surface area contributed by atoms with Crippen molar-refractivity contribution in [3.05, 3.63) is 35.7 Å². The smallest absolute Gasteiger partial charge is 0.131 e. The molecule has 1 N–H and O–H groups in total. The summed E-state index contributed by atoms with van der Waals surface area (Å²) in [7, 11) is 1.68. The molecule has 0 saturated heterocycles. The highest BCUT2D eigenvalue weighted by atomic mass is 16.5. The van der Waals surface area contributed by atoms with Gasteiger partial charge in [-0.2, -0.15) is 0 Å². The lowest BCUT2D eigenvalue weighted by Crippen LogP contribution is -2.06. The number of rotatable bonds is 6. The molecule has 1 heterocycles. The third kappa shape index (κ3) is 3.72. The van der Waals surface area contributed by atoms with Gasteiger partial charge in [-0.3, -0.25) is 0 Å². The number of methoxy groups -OCH3 is 1. The molecular formula is C17H23N3O. The van der Waals surface area contributed by atoms with Crippen LogP contribution >= 0.6 is 0 Å². The molecule has 0 bridgehead atoms. The summed E-state index contributed by atoms with van der Waals surface area (Å²) in [6.07, 6.45) is 1.90. The van der Waals surface area contributed by atoms with Crippen molar-refractivity contribution in [1.82, 2.24) is 9.97 Å². The standard InChI is InChI=1S/C17H23N3O/c1-5-9-18-17-11-15(19-16(6-2)20-17)14-8-7-13(21-4)10-12(14)3/h7-8,10-11H,5-6,9H2,1-4H3,(H,18,19,20). The Labute approximate surface area is 126 Å². The van der Waals surface area contributed by atoms with Crippen LogP contribution in [0.2, 0.25) is 0 Å². The molecule has 1 aromatic carbocycles. The fourth-order valence-electron chi connectivity index (χ4n) is 2.19. The molecule has 4 heteroatoms. The minimum Gasteiger partial charge on any atom is -0.497 e. The molecular weight excluding hydrogens is 262 g/mol. The van der Waals surface area contributed by atoms with Gasteiger partial charge in [-0.1, -0.05) is 13.8 Å². The van der Waals surface area contributed by atoms with Crippen LogP contribution in [0.3, 0.4) is 0 Å². The van der Waals surface area contributed by atoms with Gasteiger partial charge in [0.2, 0.25) is 0 Å². The van der Waals surface area contributed by atoms with Crippen molar-refractivity contribution in [2.45, 2.75) is 33.6 Å². The summed E-state index contributed by atoms with van der Waals surface area (Å²) in [6.45, 7) is 7.21. The zero-order chi connectivity index (χ0) is 15.2. The minimum atomic E-state index is 0.823.